The van der Waals surface area contributed by atoms with Gasteiger partial charge in [-0.2, -0.15) is 0 Å². The molecule has 2 rings (SSSR count). The smallest absolute Gasteiger partial charge is 0.309 e. The molecule has 1 aromatic heterocycles. The summed E-state index contributed by atoms with van der Waals surface area (Å²) in [6, 6.07) is 9.75. The van der Waals surface area contributed by atoms with E-state index in [1.807, 2.05) is 37.3 Å². The van der Waals surface area contributed by atoms with Crippen molar-refractivity contribution in [3.05, 3.63) is 42.1 Å². The lowest BCUT2D eigenvalue weighted by Gasteiger charge is -2.23. The molecule has 0 spiro atoms. The molecule has 2 aromatic rings. The average molecular weight is 243 g/mol. The number of para-hydroxylation sites is 1. The molecule has 3 heteroatoms. The van der Waals surface area contributed by atoms with Crippen LogP contribution in [0.4, 0.5) is 0 Å². The van der Waals surface area contributed by atoms with Crippen LogP contribution < -0.4 is 0 Å². The Kier molecular flexibility index (Phi) is 3.32. The van der Waals surface area contributed by atoms with Gasteiger partial charge in [0.05, 0.1) is 10.9 Å². The lowest BCUT2D eigenvalue weighted by Crippen LogP contribution is -2.29. The van der Waals surface area contributed by atoms with Crippen LogP contribution >= 0.6 is 0 Å². The van der Waals surface area contributed by atoms with E-state index in [9.17, 15) is 9.90 Å². The van der Waals surface area contributed by atoms with Gasteiger partial charge in [-0.05, 0) is 37.5 Å². The van der Waals surface area contributed by atoms with Crippen LogP contribution in [0.25, 0.3) is 10.9 Å². The Hall–Kier alpha value is -1.90. The molecule has 0 bridgehead atoms. The normalized spacial score (nSPS) is 14.3. The summed E-state index contributed by atoms with van der Waals surface area (Å²) in [6.07, 6.45) is 2.89. The van der Waals surface area contributed by atoms with Crippen molar-refractivity contribution in [2.75, 3.05) is 0 Å². The van der Waals surface area contributed by atoms with E-state index in [-0.39, 0.29) is 0 Å². The van der Waals surface area contributed by atoms with Crippen LogP contribution in [0.1, 0.15) is 25.8 Å². The summed E-state index contributed by atoms with van der Waals surface area (Å²) < 4.78 is 0. The van der Waals surface area contributed by atoms with Crippen molar-refractivity contribution in [3.8, 4) is 0 Å². The van der Waals surface area contributed by atoms with Crippen LogP contribution in [-0.4, -0.2) is 16.1 Å². The van der Waals surface area contributed by atoms with Gasteiger partial charge in [0.25, 0.3) is 0 Å². The highest BCUT2D eigenvalue weighted by Crippen LogP contribution is 2.29. The molecule has 0 saturated heterocycles. The predicted molar refractivity (Wildman–Crippen MR) is 71.5 cm³/mol. The Labute approximate surface area is 106 Å². The molecule has 94 valence electrons. The number of aromatic nitrogens is 1. The minimum Gasteiger partial charge on any atom is -0.481 e. The molecule has 3 nitrogen and oxygen atoms in total. The Morgan fingerprint density at radius 3 is 2.72 bits per heavy atom. The summed E-state index contributed by atoms with van der Waals surface area (Å²) in [5.41, 5.74) is 1.25. The van der Waals surface area contributed by atoms with Gasteiger partial charge in [-0.25, -0.2) is 0 Å². The molecule has 0 aliphatic carbocycles. The molecular weight excluding hydrogens is 226 g/mol. The molecule has 0 aliphatic heterocycles. The molecule has 0 saturated carbocycles. The van der Waals surface area contributed by atoms with Crippen LogP contribution in [0.5, 0.6) is 0 Å². The topological polar surface area (TPSA) is 50.2 Å². The van der Waals surface area contributed by atoms with E-state index in [0.29, 0.717) is 12.8 Å². The van der Waals surface area contributed by atoms with Crippen LogP contribution in [-0.2, 0) is 11.2 Å². The second-order valence-corrected chi connectivity index (χ2v) is 4.88. The highest BCUT2D eigenvalue weighted by molar-refractivity contribution is 5.83. The molecule has 18 heavy (non-hydrogen) atoms. The molecule has 1 aromatic carbocycles. The molecular formula is C15H17NO2. The predicted octanol–water partition coefficient (Wildman–Crippen LogP) is 3.28. The SMILES string of the molecule is CCC(C)(Cc1ccnc2ccccc12)C(=O)O. The zero-order valence-corrected chi connectivity index (χ0v) is 10.7. The maximum Gasteiger partial charge on any atom is 0.309 e. The third-order valence-corrected chi connectivity index (χ3v) is 3.62. The molecule has 1 atom stereocenters. The molecule has 1 unspecified atom stereocenters. The van der Waals surface area contributed by atoms with Crippen molar-refractivity contribution in [1.29, 1.82) is 0 Å². The average Bonchev–Trinajstić information content (AvgIpc) is 2.39. The van der Waals surface area contributed by atoms with Gasteiger partial charge in [-0.1, -0.05) is 25.1 Å². The minimum atomic E-state index is -0.745. The monoisotopic (exact) mass is 243 g/mol. The first-order valence-electron chi connectivity index (χ1n) is 6.13. The van der Waals surface area contributed by atoms with Crippen molar-refractivity contribution >= 4 is 16.9 Å². The summed E-state index contributed by atoms with van der Waals surface area (Å²) in [7, 11) is 0. The van der Waals surface area contributed by atoms with E-state index < -0.39 is 11.4 Å². The van der Waals surface area contributed by atoms with Crippen molar-refractivity contribution in [2.24, 2.45) is 5.41 Å². The molecule has 0 radical (unpaired) electrons. The zero-order valence-electron chi connectivity index (χ0n) is 10.7. The van der Waals surface area contributed by atoms with Gasteiger partial charge < -0.3 is 5.11 Å². The van der Waals surface area contributed by atoms with E-state index in [1.165, 1.54) is 0 Å². The van der Waals surface area contributed by atoms with Gasteiger partial charge in [-0.3, -0.25) is 9.78 Å². The summed E-state index contributed by atoms with van der Waals surface area (Å²) in [5.74, 6) is -0.745. The van der Waals surface area contributed by atoms with Gasteiger partial charge in [0.15, 0.2) is 0 Å². The number of aliphatic carboxylic acids is 1. The number of carboxylic acids is 1. The van der Waals surface area contributed by atoms with Crippen LogP contribution in [0.2, 0.25) is 0 Å². The molecule has 1 heterocycles. The largest absolute Gasteiger partial charge is 0.481 e. The van der Waals surface area contributed by atoms with Crippen LogP contribution in [0.3, 0.4) is 0 Å². The number of pyridine rings is 1. The van der Waals surface area contributed by atoms with E-state index in [0.717, 1.165) is 16.5 Å². The fourth-order valence-electron chi connectivity index (χ4n) is 2.08. The van der Waals surface area contributed by atoms with Crippen molar-refractivity contribution in [1.82, 2.24) is 4.98 Å². The number of nitrogens with zero attached hydrogens (tertiary/aromatic N) is 1. The Bertz CT molecular complexity index is 574. The number of carbonyl (C=O) groups is 1. The van der Waals surface area contributed by atoms with Gasteiger partial charge >= 0.3 is 5.97 Å². The first kappa shape index (κ1) is 12.6. The molecule has 1 N–H and O–H groups in total. The summed E-state index contributed by atoms with van der Waals surface area (Å²) in [6.45, 7) is 3.71. The van der Waals surface area contributed by atoms with Gasteiger partial charge in [0, 0.05) is 11.6 Å². The number of fused-ring (bicyclic) bond motifs is 1. The first-order valence-corrected chi connectivity index (χ1v) is 6.13. The van der Waals surface area contributed by atoms with Gasteiger partial charge in [-0.15, -0.1) is 0 Å². The second kappa shape index (κ2) is 4.77. The number of hydrogen-bond donors (Lipinski definition) is 1. The van der Waals surface area contributed by atoms with E-state index in [4.69, 9.17) is 0 Å². The van der Waals surface area contributed by atoms with Crippen LogP contribution in [0, 0.1) is 5.41 Å². The highest BCUT2D eigenvalue weighted by atomic mass is 16.4. The minimum absolute atomic E-state index is 0.530. The summed E-state index contributed by atoms with van der Waals surface area (Å²) in [4.78, 5) is 15.7. The highest BCUT2D eigenvalue weighted by Gasteiger charge is 2.31. The zero-order chi connectivity index (χ0) is 13.2. The van der Waals surface area contributed by atoms with Crippen LogP contribution in [0.15, 0.2) is 36.5 Å². The molecule has 0 aliphatic rings. The van der Waals surface area contributed by atoms with Gasteiger partial charge in [0.2, 0.25) is 0 Å². The lowest BCUT2D eigenvalue weighted by atomic mass is 9.80. The van der Waals surface area contributed by atoms with Crippen molar-refractivity contribution in [2.45, 2.75) is 26.7 Å². The summed E-state index contributed by atoms with van der Waals surface area (Å²) in [5, 5.41) is 10.4. The van der Waals surface area contributed by atoms with E-state index in [1.54, 1.807) is 13.1 Å². The summed E-state index contributed by atoms with van der Waals surface area (Å²) >= 11 is 0. The third kappa shape index (κ3) is 2.21. The molecule has 0 fully saturated rings. The van der Waals surface area contributed by atoms with Crippen molar-refractivity contribution in [3.63, 3.8) is 0 Å². The number of hydrogen-bond acceptors (Lipinski definition) is 2. The molecule has 0 amide bonds. The Balaban J connectivity index is 2.46. The maximum atomic E-state index is 11.4. The van der Waals surface area contributed by atoms with Crippen molar-refractivity contribution < 1.29 is 9.90 Å². The van der Waals surface area contributed by atoms with E-state index >= 15 is 0 Å². The number of benzene rings is 1. The lowest BCUT2D eigenvalue weighted by molar-refractivity contribution is -0.148. The fourth-order valence-corrected chi connectivity index (χ4v) is 2.08. The third-order valence-electron chi connectivity index (χ3n) is 3.62. The quantitative estimate of drug-likeness (QED) is 0.896. The number of rotatable bonds is 4. The Morgan fingerprint density at radius 2 is 2.06 bits per heavy atom. The van der Waals surface area contributed by atoms with E-state index in [2.05, 4.69) is 4.98 Å². The number of carboxylic acid groups (broad SMARTS) is 1. The van der Waals surface area contributed by atoms with Gasteiger partial charge in [0.1, 0.15) is 0 Å². The second-order valence-electron chi connectivity index (χ2n) is 4.88. The fraction of sp³-hybridized carbons (Fsp3) is 0.333. The maximum absolute atomic E-state index is 11.4. The Morgan fingerprint density at radius 1 is 1.33 bits per heavy atom. The first-order chi connectivity index (χ1) is 8.57. The standard InChI is InChI=1S/C15H17NO2/c1-3-15(2,14(17)18)10-11-8-9-16-13-7-5-4-6-12(11)13/h4-9H,3,10H2,1-2H3,(H,17,18).